The molecular weight excluding hydrogens is 210 g/mol. The molecule has 0 aliphatic heterocycles. The third-order valence-electron chi connectivity index (χ3n) is 2.80. The van der Waals surface area contributed by atoms with Crippen molar-refractivity contribution in [1.82, 2.24) is 4.98 Å². The van der Waals surface area contributed by atoms with Crippen LogP contribution >= 0.6 is 0 Å². The van der Waals surface area contributed by atoms with E-state index in [1.165, 1.54) is 0 Å². The number of nitrogen functional groups attached to an aromatic ring is 1. The first-order valence-corrected chi connectivity index (χ1v) is 5.33. The largest absolute Gasteiger partial charge is 0.399 e. The molecule has 0 bridgehead atoms. The summed E-state index contributed by atoms with van der Waals surface area (Å²) >= 11 is 0. The summed E-state index contributed by atoms with van der Waals surface area (Å²) in [7, 11) is 0. The minimum absolute atomic E-state index is 0.724. The molecule has 0 saturated carbocycles. The third-order valence-corrected chi connectivity index (χ3v) is 2.80. The SMILES string of the molecule is C=Nc1ccc2cc3ccc(N)cc3nc2c1. The summed E-state index contributed by atoms with van der Waals surface area (Å²) in [6.07, 6.45) is 0. The Kier molecular flexibility index (Phi) is 2.05. The van der Waals surface area contributed by atoms with Gasteiger partial charge in [0.05, 0.1) is 16.7 Å². The summed E-state index contributed by atoms with van der Waals surface area (Å²) in [4.78, 5) is 8.48. The van der Waals surface area contributed by atoms with Crippen molar-refractivity contribution in [2.45, 2.75) is 0 Å². The van der Waals surface area contributed by atoms with Gasteiger partial charge in [0.25, 0.3) is 0 Å². The van der Waals surface area contributed by atoms with Crippen LogP contribution in [0.2, 0.25) is 0 Å². The van der Waals surface area contributed by atoms with Crippen LogP contribution in [0.3, 0.4) is 0 Å². The molecule has 0 amide bonds. The Labute approximate surface area is 98.6 Å². The average Bonchev–Trinajstić information content (AvgIpc) is 2.35. The van der Waals surface area contributed by atoms with E-state index >= 15 is 0 Å². The normalized spacial score (nSPS) is 10.8. The Morgan fingerprint density at radius 1 is 0.941 bits per heavy atom. The van der Waals surface area contributed by atoms with Gasteiger partial charge in [-0.15, -0.1) is 0 Å². The van der Waals surface area contributed by atoms with Gasteiger partial charge < -0.3 is 5.73 Å². The molecule has 0 saturated heterocycles. The standard InChI is InChI=1S/C14H11N3/c1-16-12-5-3-10-6-9-2-4-11(15)7-13(9)17-14(10)8-12/h2-8H,1,15H2. The molecule has 0 radical (unpaired) electrons. The minimum Gasteiger partial charge on any atom is -0.399 e. The van der Waals surface area contributed by atoms with Crippen molar-refractivity contribution in [1.29, 1.82) is 0 Å². The molecule has 3 heteroatoms. The molecule has 2 aromatic carbocycles. The fourth-order valence-corrected chi connectivity index (χ4v) is 1.93. The first kappa shape index (κ1) is 9.78. The Balaban J connectivity index is 2.39. The van der Waals surface area contributed by atoms with E-state index < -0.39 is 0 Å². The molecule has 17 heavy (non-hydrogen) atoms. The average molecular weight is 221 g/mol. The van der Waals surface area contributed by atoms with Crippen molar-refractivity contribution in [3.05, 3.63) is 42.5 Å². The third kappa shape index (κ3) is 1.61. The van der Waals surface area contributed by atoms with Crippen molar-refractivity contribution in [3.8, 4) is 0 Å². The highest BCUT2D eigenvalue weighted by Gasteiger charge is 2.01. The molecule has 1 aromatic heterocycles. The molecule has 3 rings (SSSR count). The van der Waals surface area contributed by atoms with Crippen LogP contribution in [-0.4, -0.2) is 11.7 Å². The monoisotopic (exact) mass is 221 g/mol. The Morgan fingerprint density at radius 3 is 2.41 bits per heavy atom. The van der Waals surface area contributed by atoms with Crippen molar-refractivity contribution in [2.24, 2.45) is 4.99 Å². The van der Waals surface area contributed by atoms with E-state index in [1.54, 1.807) is 0 Å². The van der Waals surface area contributed by atoms with E-state index in [0.29, 0.717) is 0 Å². The molecule has 0 aliphatic rings. The van der Waals surface area contributed by atoms with E-state index in [0.717, 1.165) is 33.2 Å². The first-order valence-electron chi connectivity index (χ1n) is 5.33. The van der Waals surface area contributed by atoms with Crippen LogP contribution in [0.1, 0.15) is 0 Å². The van der Waals surface area contributed by atoms with Gasteiger partial charge in [0.1, 0.15) is 0 Å². The number of hydrogen-bond donors (Lipinski definition) is 1. The maximum absolute atomic E-state index is 5.76. The van der Waals surface area contributed by atoms with Crippen molar-refractivity contribution < 1.29 is 0 Å². The molecule has 0 unspecified atom stereocenters. The zero-order chi connectivity index (χ0) is 11.8. The van der Waals surface area contributed by atoms with Crippen LogP contribution in [0.25, 0.3) is 21.8 Å². The predicted molar refractivity (Wildman–Crippen MR) is 72.9 cm³/mol. The summed E-state index contributed by atoms with van der Waals surface area (Å²) < 4.78 is 0. The quantitative estimate of drug-likeness (QED) is 0.389. The second-order valence-corrected chi connectivity index (χ2v) is 3.98. The Morgan fingerprint density at radius 2 is 1.65 bits per heavy atom. The van der Waals surface area contributed by atoms with Crippen molar-refractivity contribution >= 4 is 39.9 Å². The summed E-state index contributed by atoms with van der Waals surface area (Å²) in [5.74, 6) is 0. The smallest absolute Gasteiger partial charge is 0.0731 e. The second kappa shape index (κ2) is 3.56. The van der Waals surface area contributed by atoms with Gasteiger partial charge in [-0.3, -0.25) is 4.99 Å². The number of nitrogens with two attached hydrogens (primary N) is 1. The fourth-order valence-electron chi connectivity index (χ4n) is 1.93. The van der Waals surface area contributed by atoms with Crippen molar-refractivity contribution in [2.75, 3.05) is 5.73 Å². The lowest BCUT2D eigenvalue weighted by molar-refractivity contribution is 1.48. The van der Waals surface area contributed by atoms with Gasteiger partial charge in [0.15, 0.2) is 0 Å². The number of hydrogen-bond acceptors (Lipinski definition) is 3. The summed E-state index contributed by atoms with van der Waals surface area (Å²) in [6, 6.07) is 13.7. The molecule has 0 spiro atoms. The van der Waals surface area contributed by atoms with E-state index in [1.807, 2.05) is 36.4 Å². The Bertz CT molecular complexity index is 732. The van der Waals surface area contributed by atoms with Gasteiger partial charge in [-0.05, 0) is 37.0 Å². The summed E-state index contributed by atoms with van der Waals surface area (Å²) in [5.41, 5.74) is 9.12. The van der Waals surface area contributed by atoms with Gasteiger partial charge >= 0.3 is 0 Å². The molecule has 0 fully saturated rings. The molecular formula is C14H11N3. The van der Waals surface area contributed by atoms with Crippen LogP contribution < -0.4 is 5.73 Å². The predicted octanol–water partition coefficient (Wildman–Crippen LogP) is 3.30. The summed E-state index contributed by atoms with van der Waals surface area (Å²) in [6.45, 7) is 3.52. The number of anilines is 1. The fraction of sp³-hybridized carbons (Fsp3) is 0. The van der Waals surface area contributed by atoms with Gasteiger partial charge in [-0.1, -0.05) is 12.1 Å². The van der Waals surface area contributed by atoms with E-state index in [2.05, 4.69) is 22.8 Å². The van der Waals surface area contributed by atoms with Crippen LogP contribution in [0.5, 0.6) is 0 Å². The zero-order valence-corrected chi connectivity index (χ0v) is 9.22. The number of aromatic nitrogens is 1. The number of pyridine rings is 1. The van der Waals surface area contributed by atoms with E-state index in [9.17, 15) is 0 Å². The molecule has 0 atom stereocenters. The van der Waals surface area contributed by atoms with Crippen LogP contribution in [0, 0.1) is 0 Å². The van der Waals surface area contributed by atoms with E-state index in [-0.39, 0.29) is 0 Å². The highest BCUT2D eigenvalue weighted by atomic mass is 14.7. The number of nitrogens with zero attached hydrogens (tertiary/aromatic N) is 2. The minimum atomic E-state index is 0.724. The number of fused-ring (bicyclic) bond motifs is 2. The molecule has 1 heterocycles. The maximum Gasteiger partial charge on any atom is 0.0731 e. The van der Waals surface area contributed by atoms with Gasteiger partial charge in [-0.2, -0.15) is 0 Å². The Hall–Kier alpha value is -2.42. The second-order valence-electron chi connectivity index (χ2n) is 3.98. The number of aliphatic imine (C=N–C) groups is 1. The molecule has 82 valence electrons. The lowest BCUT2D eigenvalue weighted by Gasteiger charge is -2.03. The van der Waals surface area contributed by atoms with Crippen LogP contribution in [-0.2, 0) is 0 Å². The topological polar surface area (TPSA) is 51.3 Å². The molecule has 3 aromatic rings. The maximum atomic E-state index is 5.76. The van der Waals surface area contributed by atoms with Gasteiger partial charge in [-0.25, -0.2) is 4.98 Å². The number of rotatable bonds is 1. The highest BCUT2D eigenvalue weighted by molar-refractivity contribution is 5.94. The molecule has 2 N–H and O–H groups in total. The van der Waals surface area contributed by atoms with Crippen LogP contribution in [0.4, 0.5) is 11.4 Å². The van der Waals surface area contributed by atoms with Gasteiger partial charge in [0.2, 0.25) is 0 Å². The van der Waals surface area contributed by atoms with Crippen LogP contribution in [0.15, 0.2) is 47.5 Å². The number of benzene rings is 2. The zero-order valence-electron chi connectivity index (χ0n) is 9.22. The van der Waals surface area contributed by atoms with Gasteiger partial charge in [0, 0.05) is 16.5 Å². The van der Waals surface area contributed by atoms with Crippen molar-refractivity contribution in [3.63, 3.8) is 0 Å². The first-order chi connectivity index (χ1) is 8.26. The summed E-state index contributed by atoms with van der Waals surface area (Å²) in [5, 5.41) is 2.18. The molecule has 0 aliphatic carbocycles. The van der Waals surface area contributed by atoms with E-state index in [4.69, 9.17) is 5.73 Å². The highest BCUT2D eigenvalue weighted by Crippen LogP contribution is 2.24. The lowest BCUT2D eigenvalue weighted by atomic mass is 10.1. The molecule has 3 nitrogen and oxygen atoms in total. The lowest BCUT2D eigenvalue weighted by Crippen LogP contribution is -1.87.